The Morgan fingerprint density at radius 3 is 2.09 bits per heavy atom. The van der Waals surface area contributed by atoms with Gasteiger partial charge in [-0.05, 0) is 83.5 Å². The largest absolute Gasteiger partial charge is 0.328 e. The van der Waals surface area contributed by atoms with Crippen molar-refractivity contribution >= 4 is 44.0 Å². The van der Waals surface area contributed by atoms with Gasteiger partial charge in [0.25, 0.3) is 0 Å². The molecule has 1 unspecified atom stereocenters. The van der Waals surface area contributed by atoms with E-state index in [9.17, 15) is 0 Å². The maximum Gasteiger partial charge on any atom is 0.165 e. The average Bonchev–Trinajstić information content (AvgIpc) is 3.59. The zero-order valence-electron chi connectivity index (χ0n) is 30.9. The Labute approximate surface area is 320 Å². The van der Waals surface area contributed by atoms with Gasteiger partial charge in [0.1, 0.15) is 5.69 Å². The van der Waals surface area contributed by atoms with Crippen LogP contribution in [0.2, 0.25) is 0 Å². The molecule has 9 aromatic rings. The number of hydrogen-bond acceptors (Lipinski definition) is 3. The van der Waals surface area contributed by atoms with Crippen LogP contribution < -0.4 is 4.90 Å². The molecule has 0 saturated carbocycles. The summed E-state index contributed by atoms with van der Waals surface area (Å²) in [5, 5.41) is 5.08. The second kappa shape index (κ2) is 12.4. The third-order valence-corrected chi connectivity index (χ3v) is 11.7. The molecule has 1 atom stereocenters. The number of nitrogens with zero attached hydrogens (tertiary/aromatic N) is 4. The van der Waals surface area contributed by atoms with Crippen molar-refractivity contribution in [2.45, 2.75) is 32.7 Å². The van der Waals surface area contributed by atoms with Crippen LogP contribution in [0, 0.1) is 6.92 Å². The van der Waals surface area contributed by atoms with Gasteiger partial charge in [0.15, 0.2) is 5.82 Å². The van der Waals surface area contributed by atoms with Crippen LogP contribution >= 0.6 is 0 Å². The van der Waals surface area contributed by atoms with Crippen molar-refractivity contribution in [2.75, 3.05) is 4.90 Å². The van der Waals surface area contributed by atoms with Gasteiger partial charge in [-0.2, -0.15) is 0 Å². The molecular formula is C51H38N4. The molecule has 0 amide bonds. The minimum Gasteiger partial charge on any atom is -0.328 e. The second-order valence-electron chi connectivity index (χ2n) is 14.8. The molecule has 3 heterocycles. The second-order valence-corrected chi connectivity index (χ2v) is 14.8. The number of benzene rings is 7. The number of aromatic nitrogens is 3. The molecule has 0 fully saturated rings. The van der Waals surface area contributed by atoms with Gasteiger partial charge in [0.2, 0.25) is 0 Å². The number of aryl methyl sites for hydroxylation is 3. The van der Waals surface area contributed by atoms with Crippen molar-refractivity contribution in [3.05, 3.63) is 186 Å². The minimum atomic E-state index is -0.161. The highest BCUT2D eigenvalue weighted by molar-refractivity contribution is 6.26. The van der Waals surface area contributed by atoms with Crippen LogP contribution in [0.4, 0.5) is 11.4 Å². The third-order valence-electron chi connectivity index (χ3n) is 11.7. The van der Waals surface area contributed by atoms with Crippen molar-refractivity contribution in [1.82, 2.24) is 14.5 Å². The molecule has 4 heteroatoms. The predicted octanol–water partition coefficient (Wildman–Crippen LogP) is 12.9. The van der Waals surface area contributed by atoms with Crippen molar-refractivity contribution < 1.29 is 0 Å². The van der Waals surface area contributed by atoms with E-state index in [2.05, 4.69) is 187 Å². The standard InChI is InChI=1S/C51H38N4/c1-3-17-44-49-48(39-26-13-16-29-43(39)54(44)41-27-14-7-18-32(41)2)53-51(47(52-49)34-20-5-4-6-21-34)55-42-28-15-12-25-38(42)46-37-24-11-10-23-36(37)45-35-22-9-8-19-33(35)30-31-40(45)50(46)55/h3-29,44H,30-31H2,1-2H3/b17-3-. The van der Waals surface area contributed by atoms with E-state index in [1.165, 1.54) is 54.9 Å². The zero-order chi connectivity index (χ0) is 36.6. The first-order chi connectivity index (χ1) is 27.2. The topological polar surface area (TPSA) is 34.0 Å². The first-order valence-corrected chi connectivity index (χ1v) is 19.3. The molecule has 11 rings (SSSR count). The zero-order valence-corrected chi connectivity index (χ0v) is 30.9. The van der Waals surface area contributed by atoms with E-state index in [4.69, 9.17) is 9.97 Å². The lowest BCUT2D eigenvalue weighted by molar-refractivity contribution is 0.789. The van der Waals surface area contributed by atoms with E-state index in [1.54, 1.807) is 0 Å². The predicted molar refractivity (Wildman–Crippen MR) is 228 cm³/mol. The van der Waals surface area contributed by atoms with Gasteiger partial charge in [-0.1, -0.05) is 146 Å². The molecule has 0 bridgehead atoms. The lowest BCUT2D eigenvalue weighted by Gasteiger charge is -2.39. The van der Waals surface area contributed by atoms with E-state index < -0.39 is 0 Å². The molecule has 0 saturated heterocycles. The molecule has 2 aromatic heterocycles. The maximum absolute atomic E-state index is 5.87. The molecule has 55 heavy (non-hydrogen) atoms. The summed E-state index contributed by atoms with van der Waals surface area (Å²) in [5.74, 6) is 0.853. The fraction of sp³-hybridized carbons (Fsp3) is 0.0980. The van der Waals surface area contributed by atoms with Crippen LogP contribution in [0.1, 0.15) is 35.3 Å². The number of anilines is 2. The summed E-state index contributed by atoms with van der Waals surface area (Å²) >= 11 is 0. The first-order valence-electron chi connectivity index (χ1n) is 19.3. The SMILES string of the molecule is C/C=C\C1c2nc(-c3ccccc3)c(-n3c4ccccc4c4c5ccccc5c5c(c43)CCc3ccccc3-5)nc2-c2ccccc2N1c1ccccc1C. The monoisotopic (exact) mass is 706 g/mol. The lowest BCUT2D eigenvalue weighted by Crippen LogP contribution is -2.29. The van der Waals surface area contributed by atoms with Crippen molar-refractivity contribution in [3.8, 4) is 39.5 Å². The molecule has 1 aliphatic carbocycles. The minimum absolute atomic E-state index is 0.161. The fourth-order valence-corrected chi connectivity index (χ4v) is 9.43. The molecule has 4 nitrogen and oxygen atoms in total. The van der Waals surface area contributed by atoms with E-state index in [0.29, 0.717) is 0 Å². The van der Waals surface area contributed by atoms with Crippen LogP contribution in [0.5, 0.6) is 0 Å². The van der Waals surface area contributed by atoms with Crippen LogP contribution in [0.25, 0.3) is 72.0 Å². The van der Waals surface area contributed by atoms with Crippen LogP contribution in [0.3, 0.4) is 0 Å². The van der Waals surface area contributed by atoms with E-state index in [1.807, 2.05) is 0 Å². The molecule has 2 aliphatic rings. The average molecular weight is 707 g/mol. The Morgan fingerprint density at radius 1 is 0.600 bits per heavy atom. The van der Waals surface area contributed by atoms with Gasteiger partial charge in [-0.3, -0.25) is 4.57 Å². The Hall–Kier alpha value is -6.78. The number of fused-ring (bicyclic) bond motifs is 13. The molecule has 1 aliphatic heterocycles. The molecule has 0 spiro atoms. The molecule has 7 aromatic carbocycles. The summed E-state index contributed by atoms with van der Waals surface area (Å²) < 4.78 is 2.46. The van der Waals surface area contributed by atoms with E-state index in [-0.39, 0.29) is 6.04 Å². The molecular weight excluding hydrogens is 669 g/mol. The van der Waals surface area contributed by atoms with E-state index >= 15 is 0 Å². The highest BCUT2D eigenvalue weighted by Gasteiger charge is 2.36. The summed E-state index contributed by atoms with van der Waals surface area (Å²) in [5.41, 5.74) is 16.2. The Balaban J connectivity index is 1.31. The normalized spacial score (nSPS) is 14.7. The molecule has 0 N–H and O–H groups in total. The lowest BCUT2D eigenvalue weighted by atomic mass is 9.81. The van der Waals surface area contributed by atoms with Gasteiger partial charge in [0.05, 0.1) is 34.2 Å². The number of hydrogen-bond donors (Lipinski definition) is 0. The van der Waals surface area contributed by atoms with Gasteiger partial charge < -0.3 is 4.90 Å². The summed E-state index contributed by atoms with van der Waals surface area (Å²) in [6.07, 6.45) is 6.35. The van der Waals surface area contributed by atoms with Gasteiger partial charge in [-0.25, -0.2) is 9.97 Å². The number of rotatable bonds is 4. The molecule has 262 valence electrons. The summed E-state index contributed by atoms with van der Waals surface area (Å²) in [6, 6.07) is 54.7. The fourth-order valence-electron chi connectivity index (χ4n) is 9.43. The number of para-hydroxylation sites is 3. The Kier molecular flexibility index (Phi) is 7.15. The van der Waals surface area contributed by atoms with Crippen LogP contribution in [-0.4, -0.2) is 14.5 Å². The van der Waals surface area contributed by atoms with Crippen molar-refractivity contribution in [2.24, 2.45) is 0 Å². The van der Waals surface area contributed by atoms with Gasteiger partial charge in [-0.15, -0.1) is 0 Å². The van der Waals surface area contributed by atoms with Crippen LogP contribution in [-0.2, 0) is 12.8 Å². The summed E-state index contributed by atoms with van der Waals surface area (Å²) in [6.45, 7) is 4.29. The smallest absolute Gasteiger partial charge is 0.165 e. The Bertz CT molecular complexity index is 3030. The van der Waals surface area contributed by atoms with Crippen molar-refractivity contribution in [1.29, 1.82) is 0 Å². The van der Waals surface area contributed by atoms with Gasteiger partial charge in [0, 0.05) is 27.6 Å². The summed E-state index contributed by atoms with van der Waals surface area (Å²) in [7, 11) is 0. The van der Waals surface area contributed by atoms with E-state index in [0.717, 1.165) is 63.8 Å². The third kappa shape index (κ3) is 4.64. The number of allylic oxidation sites excluding steroid dienone is 1. The van der Waals surface area contributed by atoms with Crippen LogP contribution in [0.15, 0.2) is 164 Å². The summed E-state index contributed by atoms with van der Waals surface area (Å²) in [4.78, 5) is 14.1. The quantitative estimate of drug-likeness (QED) is 0.171. The maximum atomic E-state index is 5.87. The first kappa shape index (κ1) is 31.7. The van der Waals surface area contributed by atoms with Gasteiger partial charge >= 0.3 is 0 Å². The molecule has 0 radical (unpaired) electrons. The van der Waals surface area contributed by atoms with Crippen molar-refractivity contribution in [3.63, 3.8) is 0 Å². The highest BCUT2D eigenvalue weighted by atomic mass is 15.2. The highest BCUT2D eigenvalue weighted by Crippen LogP contribution is 2.51. The Morgan fingerprint density at radius 2 is 1.27 bits per heavy atom.